The third-order valence-electron chi connectivity index (χ3n) is 3.04. The number of nitrogens with one attached hydrogen (secondary N) is 1. The molecule has 1 aromatic heterocycles. The average molecular weight is 278 g/mol. The molecule has 0 unspecified atom stereocenters. The average Bonchev–Trinajstić information content (AvgIpc) is 2.59. The highest BCUT2D eigenvalue weighted by molar-refractivity contribution is 7.89. The van der Waals surface area contributed by atoms with Crippen LogP contribution in [0.5, 0.6) is 0 Å². The molecule has 96 valence electrons. The van der Waals surface area contributed by atoms with E-state index in [1.165, 1.54) is 4.31 Å². The zero-order valence-electron chi connectivity index (χ0n) is 9.90. The summed E-state index contributed by atoms with van der Waals surface area (Å²) in [6, 6.07) is 0. The van der Waals surface area contributed by atoms with Crippen LogP contribution in [-0.2, 0) is 10.0 Å². The van der Waals surface area contributed by atoms with Crippen LogP contribution in [0.25, 0.3) is 0 Å². The van der Waals surface area contributed by atoms with Crippen LogP contribution in [0.2, 0.25) is 0 Å². The van der Waals surface area contributed by atoms with Crippen LogP contribution in [0.4, 0.5) is 0 Å². The van der Waals surface area contributed by atoms with Crippen LogP contribution in [0.1, 0.15) is 24.2 Å². The van der Waals surface area contributed by atoms with Gasteiger partial charge in [-0.3, -0.25) is 5.10 Å². The lowest BCUT2D eigenvalue weighted by atomic mass is 10.2. The molecule has 1 aliphatic rings. The highest BCUT2D eigenvalue weighted by Gasteiger charge is 2.32. The Morgan fingerprint density at radius 3 is 2.41 bits per heavy atom. The van der Waals surface area contributed by atoms with Crippen LogP contribution in [-0.4, -0.2) is 41.4 Å². The number of aromatic amines is 1. The summed E-state index contributed by atoms with van der Waals surface area (Å²) >= 11 is 5.98. The number of aryl methyl sites for hydroxylation is 2. The number of nitrogens with zero attached hydrogens (tertiary/aromatic N) is 2. The smallest absolute Gasteiger partial charge is 0.246 e. The summed E-state index contributed by atoms with van der Waals surface area (Å²) in [5, 5.41) is 6.74. The number of aromatic nitrogens is 2. The molecule has 7 heteroatoms. The molecule has 0 saturated carbocycles. The van der Waals surface area contributed by atoms with Gasteiger partial charge in [0.1, 0.15) is 4.90 Å². The van der Waals surface area contributed by atoms with E-state index >= 15 is 0 Å². The fourth-order valence-electron chi connectivity index (χ4n) is 2.11. The molecular weight excluding hydrogens is 262 g/mol. The number of hydrogen-bond acceptors (Lipinski definition) is 3. The first-order chi connectivity index (χ1) is 7.93. The zero-order chi connectivity index (χ0) is 12.6. The topological polar surface area (TPSA) is 66.1 Å². The van der Waals surface area contributed by atoms with Gasteiger partial charge in [-0.05, 0) is 26.7 Å². The van der Waals surface area contributed by atoms with Crippen molar-refractivity contribution in [1.82, 2.24) is 14.5 Å². The number of H-pyrrole nitrogens is 1. The SMILES string of the molecule is Cc1n[nH]c(C)c1S(=O)(=O)N1CCC(Cl)CC1. The quantitative estimate of drug-likeness (QED) is 0.832. The van der Waals surface area contributed by atoms with Gasteiger partial charge in [-0.25, -0.2) is 8.42 Å². The van der Waals surface area contributed by atoms with Gasteiger partial charge < -0.3 is 0 Å². The Kier molecular flexibility index (Phi) is 3.47. The maximum absolute atomic E-state index is 12.4. The molecule has 2 rings (SSSR count). The molecule has 1 aromatic rings. The molecular formula is C10H16ClN3O2S. The maximum atomic E-state index is 12.4. The summed E-state index contributed by atoms with van der Waals surface area (Å²) in [7, 11) is -3.42. The fourth-order valence-corrected chi connectivity index (χ4v) is 4.11. The van der Waals surface area contributed by atoms with Gasteiger partial charge in [-0.15, -0.1) is 11.6 Å². The third kappa shape index (κ3) is 2.34. The largest absolute Gasteiger partial charge is 0.281 e. The van der Waals surface area contributed by atoms with Crippen molar-refractivity contribution in [3.05, 3.63) is 11.4 Å². The number of sulfonamides is 1. The lowest BCUT2D eigenvalue weighted by molar-refractivity contribution is 0.350. The van der Waals surface area contributed by atoms with E-state index in [0.717, 1.165) is 0 Å². The van der Waals surface area contributed by atoms with Crippen molar-refractivity contribution in [3.8, 4) is 0 Å². The van der Waals surface area contributed by atoms with Gasteiger partial charge in [0.25, 0.3) is 0 Å². The second-order valence-corrected chi connectivity index (χ2v) is 6.83. The zero-order valence-corrected chi connectivity index (χ0v) is 11.5. The van der Waals surface area contributed by atoms with Crippen LogP contribution in [0.15, 0.2) is 4.90 Å². The van der Waals surface area contributed by atoms with Gasteiger partial charge in [0.2, 0.25) is 10.0 Å². The molecule has 1 aliphatic heterocycles. The summed E-state index contributed by atoms with van der Waals surface area (Å²) < 4.78 is 26.3. The van der Waals surface area contributed by atoms with Gasteiger partial charge in [0, 0.05) is 18.5 Å². The second-order valence-electron chi connectivity index (χ2n) is 4.34. The van der Waals surface area contributed by atoms with E-state index in [2.05, 4.69) is 10.2 Å². The Bertz CT molecular complexity index is 484. The lowest BCUT2D eigenvalue weighted by Gasteiger charge is -2.28. The van der Waals surface area contributed by atoms with Gasteiger partial charge in [0.05, 0.1) is 11.4 Å². The summed E-state index contributed by atoms with van der Waals surface area (Å²) in [6.45, 7) is 4.40. The molecule has 0 bridgehead atoms. The summed E-state index contributed by atoms with van der Waals surface area (Å²) in [4.78, 5) is 0.311. The molecule has 5 nitrogen and oxygen atoms in total. The first-order valence-corrected chi connectivity index (χ1v) is 7.46. The van der Waals surface area contributed by atoms with Crippen molar-refractivity contribution in [2.24, 2.45) is 0 Å². The van der Waals surface area contributed by atoms with Crippen LogP contribution in [0, 0.1) is 13.8 Å². The monoisotopic (exact) mass is 277 g/mol. The molecule has 0 aliphatic carbocycles. The molecule has 0 spiro atoms. The molecule has 1 N–H and O–H groups in total. The van der Waals surface area contributed by atoms with Crippen molar-refractivity contribution in [2.45, 2.75) is 37.0 Å². The third-order valence-corrected chi connectivity index (χ3v) is 5.64. The number of piperidine rings is 1. The van der Waals surface area contributed by atoms with Crippen molar-refractivity contribution < 1.29 is 8.42 Å². The summed E-state index contributed by atoms with van der Waals surface area (Å²) in [5.41, 5.74) is 1.12. The fraction of sp³-hybridized carbons (Fsp3) is 0.700. The van der Waals surface area contributed by atoms with Crippen LogP contribution in [0.3, 0.4) is 0 Å². The Labute approximate surface area is 106 Å². The van der Waals surface area contributed by atoms with E-state index in [0.29, 0.717) is 42.2 Å². The highest BCUT2D eigenvalue weighted by atomic mass is 35.5. The van der Waals surface area contributed by atoms with E-state index in [4.69, 9.17) is 11.6 Å². The standard InChI is InChI=1S/C10H16ClN3O2S/c1-7-10(8(2)13-12-7)17(15,16)14-5-3-9(11)4-6-14/h9H,3-6H2,1-2H3,(H,12,13). The summed E-state index contributed by atoms with van der Waals surface area (Å²) in [6.07, 6.45) is 1.41. The Morgan fingerprint density at radius 1 is 1.35 bits per heavy atom. The van der Waals surface area contributed by atoms with E-state index in [-0.39, 0.29) is 5.38 Å². The predicted octanol–water partition coefficient (Wildman–Crippen LogP) is 1.42. The molecule has 0 radical (unpaired) electrons. The van der Waals surface area contributed by atoms with E-state index in [1.54, 1.807) is 13.8 Å². The van der Waals surface area contributed by atoms with Gasteiger partial charge in [0.15, 0.2) is 0 Å². The van der Waals surface area contributed by atoms with Gasteiger partial charge in [-0.1, -0.05) is 0 Å². The van der Waals surface area contributed by atoms with E-state index < -0.39 is 10.0 Å². The maximum Gasteiger partial charge on any atom is 0.246 e. The second kappa shape index (κ2) is 4.59. The molecule has 0 aromatic carbocycles. The van der Waals surface area contributed by atoms with Crippen LogP contribution < -0.4 is 0 Å². The molecule has 1 saturated heterocycles. The highest BCUT2D eigenvalue weighted by Crippen LogP contribution is 2.25. The number of rotatable bonds is 2. The minimum atomic E-state index is -3.42. The number of hydrogen-bond donors (Lipinski definition) is 1. The van der Waals surface area contributed by atoms with Gasteiger partial charge >= 0.3 is 0 Å². The molecule has 0 atom stereocenters. The van der Waals surface area contributed by atoms with Crippen LogP contribution >= 0.6 is 11.6 Å². The molecule has 2 heterocycles. The van der Waals surface area contributed by atoms with Crippen molar-refractivity contribution >= 4 is 21.6 Å². The predicted molar refractivity (Wildman–Crippen MR) is 65.7 cm³/mol. The van der Waals surface area contributed by atoms with Crippen molar-refractivity contribution in [2.75, 3.05) is 13.1 Å². The first-order valence-electron chi connectivity index (χ1n) is 5.58. The molecule has 17 heavy (non-hydrogen) atoms. The first kappa shape index (κ1) is 12.9. The van der Waals surface area contributed by atoms with E-state index in [9.17, 15) is 8.42 Å². The minimum absolute atomic E-state index is 0.0907. The normalized spacial score (nSPS) is 19.7. The lowest BCUT2D eigenvalue weighted by Crippen LogP contribution is -2.39. The Balaban J connectivity index is 2.31. The van der Waals surface area contributed by atoms with Gasteiger partial charge in [-0.2, -0.15) is 9.40 Å². The number of halogens is 1. The Morgan fingerprint density at radius 2 is 1.94 bits per heavy atom. The van der Waals surface area contributed by atoms with Crippen molar-refractivity contribution in [1.29, 1.82) is 0 Å². The van der Waals surface area contributed by atoms with Crippen molar-refractivity contribution in [3.63, 3.8) is 0 Å². The minimum Gasteiger partial charge on any atom is -0.281 e. The van der Waals surface area contributed by atoms with E-state index in [1.807, 2.05) is 0 Å². The summed E-state index contributed by atoms with van der Waals surface area (Å²) in [5.74, 6) is 0. The Hall–Kier alpha value is -0.590. The molecule has 0 amide bonds. The molecule has 1 fully saturated rings. The number of alkyl halides is 1.